The smallest absolute Gasteiger partial charge is 0.373 e. The summed E-state index contributed by atoms with van der Waals surface area (Å²) in [5.41, 5.74) is 42.7. The normalized spacial score (nSPS) is 7.23. The van der Waals surface area contributed by atoms with E-state index in [1.54, 1.807) is 0 Å². The van der Waals surface area contributed by atoms with Crippen LogP contribution in [-0.2, 0) is 29.7 Å². The van der Waals surface area contributed by atoms with Crippen LogP contribution in [0.3, 0.4) is 0 Å². The second-order valence-corrected chi connectivity index (χ2v) is 3.84. The molecule has 2 aromatic rings. The molecular weight excluding hydrogens is 383 g/mol. The average Bonchev–Trinajstić information content (AvgIpc) is 2.63. The van der Waals surface area contributed by atoms with Gasteiger partial charge in [0.2, 0.25) is 0 Å². The molecular formula is C13H15CoN12. The second-order valence-electron chi connectivity index (χ2n) is 3.84. The van der Waals surface area contributed by atoms with Crippen molar-refractivity contribution in [1.82, 2.24) is 15.3 Å². The molecule has 0 atom stereocenters. The summed E-state index contributed by atoms with van der Waals surface area (Å²) in [4.78, 5) is 13.0. The zero-order chi connectivity index (χ0) is 19.2. The van der Waals surface area contributed by atoms with E-state index in [0.29, 0.717) is 0 Å². The van der Waals surface area contributed by atoms with E-state index in [9.17, 15) is 0 Å². The van der Waals surface area contributed by atoms with E-state index in [-0.39, 0.29) is 16.8 Å². The topological polar surface area (TPSA) is 214 Å². The van der Waals surface area contributed by atoms with Gasteiger partial charge in [0.1, 0.15) is 0 Å². The quantitative estimate of drug-likeness (QED) is 0.335. The molecule has 0 spiro atoms. The van der Waals surface area contributed by atoms with Gasteiger partial charge in [-0.15, -0.1) is 0 Å². The maximum absolute atomic E-state index is 6.75. The Hall–Kier alpha value is -3.30. The zero-order valence-electron chi connectivity index (χ0n) is 13.5. The fourth-order valence-corrected chi connectivity index (χ4v) is 1.48. The predicted molar refractivity (Wildman–Crippen MR) is 94.1 cm³/mol. The van der Waals surface area contributed by atoms with E-state index in [0.717, 1.165) is 30.9 Å². The molecule has 0 aliphatic carbocycles. The molecule has 13 heteroatoms. The van der Waals surface area contributed by atoms with E-state index in [4.69, 9.17) is 33.2 Å². The van der Waals surface area contributed by atoms with Crippen LogP contribution in [0.4, 0.5) is 0 Å². The fourth-order valence-electron chi connectivity index (χ4n) is 1.48. The van der Waals surface area contributed by atoms with Gasteiger partial charge in [0.15, 0.2) is 0 Å². The SMILES string of the molecule is [Co+3].[N-]=[N+]=[N-].[N-]=[N+]=[N-].[N-]=[N+]=[N-].c1ccc(CCNCc2ccccn2)nc1. The summed E-state index contributed by atoms with van der Waals surface area (Å²) in [6.45, 7) is 1.74. The first kappa shape index (κ1) is 27.5. The van der Waals surface area contributed by atoms with E-state index >= 15 is 0 Å². The van der Waals surface area contributed by atoms with Gasteiger partial charge in [-0.25, -0.2) is 0 Å². The van der Waals surface area contributed by atoms with Gasteiger partial charge in [-0.2, -0.15) is 0 Å². The van der Waals surface area contributed by atoms with Crippen molar-refractivity contribution in [1.29, 1.82) is 0 Å². The number of aromatic nitrogens is 2. The Bertz CT molecular complexity index is 575. The van der Waals surface area contributed by atoms with Gasteiger partial charge < -0.3 is 38.5 Å². The Morgan fingerprint density at radius 2 is 1.15 bits per heavy atom. The number of rotatable bonds is 5. The summed E-state index contributed by atoms with van der Waals surface area (Å²) in [5, 5.41) is 3.35. The maximum Gasteiger partial charge on any atom is 3.00 e. The van der Waals surface area contributed by atoms with Crippen molar-refractivity contribution in [2.24, 2.45) is 0 Å². The summed E-state index contributed by atoms with van der Waals surface area (Å²) in [6.07, 6.45) is 4.59. The summed E-state index contributed by atoms with van der Waals surface area (Å²) >= 11 is 0. The van der Waals surface area contributed by atoms with Crippen LogP contribution in [0.15, 0.2) is 48.8 Å². The van der Waals surface area contributed by atoms with Crippen LogP contribution in [-0.4, -0.2) is 16.5 Å². The summed E-state index contributed by atoms with van der Waals surface area (Å²) in [7, 11) is 0. The molecule has 2 rings (SSSR count). The van der Waals surface area contributed by atoms with Crippen molar-refractivity contribution in [2.75, 3.05) is 6.54 Å². The Labute approximate surface area is 160 Å². The molecule has 0 aliphatic heterocycles. The Morgan fingerprint density at radius 3 is 1.54 bits per heavy atom. The van der Waals surface area contributed by atoms with Crippen molar-refractivity contribution >= 4 is 0 Å². The first-order valence-corrected chi connectivity index (χ1v) is 6.66. The molecule has 0 unspecified atom stereocenters. The van der Waals surface area contributed by atoms with Crippen LogP contribution in [0.25, 0.3) is 47.9 Å². The summed E-state index contributed by atoms with van der Waals surface area (Å²) in [6, 6.07) is 11.9. The van der Waals surface area contributed by atoms with Crippen molar-refractivity contribution < 1.29 is 16.8 Å². The maximum atomic E-state index is 6.75. The Balaban J connectivity index is -0.000000451. The van der Waals surface area contributed by atoms with Crippen LogP contribution < -0.4 is 5.32 Å². The van der Waals surface area contributed by atoms with E-state index in [2.05, 4.69) is 15.3 Å². The molecule has 0 saturated carbocycles. The minimum Gasteiger partial charge on any atom is -0.373 e. The predicted octanol–water partition coefficient (Wildman–Crippen LogP) is 4.40. The molecule has 0 saturated heterocycles. The molecule has 0 bridgehead atoms. The molecule has 2 aromatic heterocycles. The minimum atomic E-state index is 0. The third-order valence-electron chi connectivity index (χ3n) is 2.32. The van der Waals surface area contributed by atoms with Crippen LogP contribution in [0, 0.1) is 0 Å². The molecule has 26 heavy (non-hydrogen) atoms. The molecule has 1 N–H and O–H groups in total. The zero-order valence-corrected chi connectivity index (χ0v) is 14.5. The van der Waals surface area contributed by atoms with Crippen molar-refractivity contribution in [3.05, 3.63) is 108 Å². The van der Waals surface area contributed by atoms with Gasteiger partial charge in [0, 0.05) is 37.6 Å². The molecule has 12 nitrogen and oxygen atoms in total. The van der Waals surface area contributed by atoms with E-state index < -0.39 is 0 Å². The largest absolute Gasteiger partial charge is 3.00 e. The molecule has 0 fully saturated rings. The van der Waals surface area contributed by atoms with Gasteiger partial charge in [-0.05, 0) is 24.3 Å². The molecule has 0 aromatic carbocycles. The average molecular weight is 398 g/mol. The summed E-state index contributed by atoms with van der Waals surface area (Å²) in [5.74, 6) is 0. The van der Waals surface area contributed by atoms with Crippen molar-refractivity contribution in [3.63, 3.8) is 0 Å². The van der Waals surface area contributed by atoms with Crippen LogP contribution in [0.5, 0.6) is 0 Å². The van der Waals surface area contributed by atoms with E-state index in [1.165, 1.54) is 14.7 Å². The van der Waals surface area contributed by atoms with Gasteiger partial charge in [0.25, 0.3) is 0 Å². The first-order chi connectivity index (χ1) is 12.2. The molecule has 136 valence electrons. The minimum absolute atomic E-state index is 0. The number of nitrogens with one attached hydrogen (secondary N) is 1. The molecule has 0 aliphatic rings. The number of nitrogens with zero attached hydrogens (tertiary/aromatic N) is 11. The first-order valence-electron chi connectivity index (χ1n) is 6.66. The number of pyridine rings is 2. The number of hydrogen-bond donors (Lipinski definition) is 1. The monoisotopic (exact) mass is 398 g/mol. The fraction of sp³-hybridized carbons (Fsp3) is 0.231. The van der Waals surface area contributed by atoms with Crippen LogP contribution >= 0.6 is 0 Å². The third-order valence-corrected chi connectivity index (χ3v) is 2.32. The summed E-state index contributed by atoms with van der Waals surface area (Å²) < 4.78 is 0. The second kappa shape index (κ2) is 24.0. The number of hydrogen-bond acceptors (Lipinski definition) is 3. The molecule has 0 amide bonds. The standard InChI is InChI=1S/C13H15N3.Co.3N3/c1-3-8-15-12(5-1)7-10-14-11-13-6-2-4-9-16-13;;3*1-3-2/h1-6,8-9,14H,7,10-11H2;;;;/q;+3;3*-1. The van der Waals surface area contributed by atoms with Gasteiger partial charge >= 0.3 is 16.8 Å². The van der Waals surface area contributed by atoms with Crippen molar-refractivity contribution in [3.8, 4) is 0 Å². The molecule has 2 heterocycles. The van der Waals surface area contributed by atoms with Crippen molar-refractivity contribution in [2.45, 2.75) is 13.0 Å². The molecule has 0 radical (unpaired) electrons. The van der Waals surface area contributed by atoms with Gasteiger partial charge in [0.05, 0.1) is 5.69 Å². The van der Waals surface area contributed by atoms with Gasteiger partial charge in [-0.3, -0.25) is 24.7 Å². The Morgan fingerprint density at radius 1 is 0.731 bits per heavy atom. The Kier molecular flexibility index (Phi) is 25.4. The van der Waals surface area contributed by atoms with E-state index in [1.807, 2.05) is 48.8 Å². The van der Waals surface area contributed by atoms with Gasteiger partial charge in [-0.1, -0.05) is 12.1 Å². The van der Waals surface area contributed by atoms with Crippen LogP contribution in [0.1, 0.15) is 11.4 Å². The van der Waals surface area contributed by atoms with Crippen LogP contribution in [0.2, 0.25) is 0 Å². The third kappa shape index (κ3) is 20.7.